The van der Waals surface area contributed by atoms with Gasteiger partial charge < -0.3 is 14.8 Å². The van der Waals surface area contributed by atoms with Gasteiger partial charge in [0.1, 0.15) is 6.10 Å². The molecule has 0 spiro atoms. The molecular weight excluding hydrogens is 328 g/mol. The zero-order valence-electron chi connectivity index (χ0n) is 13.4. The third kappa shape index (κ3) is 4.54. The highest BCUT2D eigenvalue weighted by atomic mass is 16.5. The summed E-state index contributed by atoms with van der Waals surface area (Å²) in [6.07, 6.45) is 1.74. The Hall–Kier alpha value is -2.94. The summed E-state index contributed by atoms with van der Waals surface area (Å²) < 4.78 is 11.2. The van der Waals surface area contributed by atoms with Crippen LogP contribution in [0.5, 0.6) is 5.88 Å². The summed E-state index contributed by atoms with van der Waals surface area (Å²) in [5, 5.41) is 7.15. The summed E-state index contributed by atoms with van der Waals surface area (Å²) in [4.78, 5) is 39.3. The van der Waals surface area contributed by atoms with Crippen LogP contribution in [0.1, 0.15) is 12.0 Å². The fourth-order valence-corrected chi connectivity index (χ4v) is 2.59. The van der Waals surface area contributed by atoms with Crippen LogP contribution in [0.25, 0.3) is 0 Å². The van der Waals surface area contributed by atoms with E-state index in [2.05, 4.69) is 20.5 Å². The van der Waals surface area contributed by atoms with E-state index in [0.717, 1.165) is 6.07 Å². The molecule has 0 saturated carbocycles. The molecule has 3 rings (SSSR count). The average molecular weight is 346 g/mol. The number of nitrogens with one attached hydrogen (secondary N) is 3. The molecule has 1 aliphatic heterocycles. The first-order chi connectivity index (χ1) is 12.1. The molecule has 132 valence electrons. The summed E-state index contributed by atoms with van der Waals surface area (Å²) in [6, 6.07) is 6.08. The maximum atomic E-state index is 12.2. The van der Waals surface area contributed by atoms with Crippen molar-refractivity contribution < 1.29 is 14.3 Å². The standard InChI is InChI=1S/C16H18N4O5/c21-13(7-10-8-14(22)19-20-16(10)23)18-11-9-24-6-4-12(11)25-15-3-1-2-5-17-15/h1-3,5,8,11-12H,4,6-7,9H2,(H,18,21)(H,19,22)(H,20,23)/t11-,12-/m1/s1. The molecule has 3 N–H and O–H groups in total. The number of pyridine rings is 1. The molecule has 9 nitrogen and oxygen atoms in total. The normalized spacial score (nSPS) is 20.0. The van der Waals surface area contributed by atoms with Crippen molar-refractivity contribution in [1.82, 2.24) is 20.5 Å². The number of ether oxygens (including phenoxy) is 2. The molecule has 0 aliphatic carbocycles. The third-order valence-corrected chi connectivity index (χ3v) is 3.80. The molecule has 9 heteroatoms. The van der Waals surface area contributed by atoms with Gasteiger partial charge in [-0.1, -0.05) is 6.07 Å². The van der Waals surface area contributed by atoms with E-state index in [1.807, 2.05) is 6.07 Å². The van der Waals surface area contributed by atoms with E-state index >= 15 is 0 Å². The fourth-order valence-electron chi connectivity index (χ4n) is 2.59. The number of nitrogens with zero attached hydrogens (tertiary/aromatic N) is 1. The van der Waals surface area contributed by atoms with Gasteiger partial charge >= 0.3 is 0 Å². The van der Waals surface area contributed by atoms with Crippen LogP contribution < -0.4 is 21.2 Å². The van der Waals surface area contributed by atoms with E-state index in [1.54, 1.807) is 18.3 Å². The fraction of sp³-hybridized carbons (Fsp3) is 0.375. The van der Waals surface area contributed by atoms with Gasteiger partial charge in [0.15, 0.2) is 0 Å². The highest BCUT2D eigenvalue weighted by Crippen LogP contribution is 2.16. The second kappa shape index (κ2) is 7.75. The Kier molecular flexibility index (Phi) is 5.24. The van der Waals surface area contributed by atoms with Crippen LogP contribution in [0.4, 0.5) is 0 Å². The van der Waals surface area contributed by atoms with Gasteiger partial charge in [-0.15, -0.1) is 0 Å². The zero-order chi connectivity index (χ0) is 17.6. The number of rotatable bonds is 5. The number of aromatic nitrogens is 3. The monoisotopic (exact) mass is 346 g/mol. The Labute approximate surface area is 142 Å². The van der Waals surface area contributed by atoms with Gasteiger partial charge in [-0.2, -0.15) is 0 Å². The van der Waals surface area contributed by atoms with E-state index in [0.29, 0.717) is 25.5 Å². The number of amides is 1. The van der Waals surface area contributed by atoms with Crippen molar-refractivity contribution in [1.29, 1.82) is 0 Å². The topological polar surface area (TPSA) is 126 Å². The Balaban J connectivity index is 1.64. The maximum Gasteiger partial charge on any atom is 0.266 e. The number of carbonyl (C=O) groups is 1. The van der Waals surface area contributed by atoms with Crippen LogP contribution in [0, 0.1) is 0 Å². The van der Waals surface area contributed by atoms with Gasteiger partial charge in [-0.25, -0.2) is 4.98 Å². The van der Waals surface area contributed by atoms with Crippen molar-refractivity contribution in [3.05, 3.63) is 56.7 Å². The van der Waals surface area contributed by atoms with Gasteiger partial charge in [0.25, 0.3) is 11.1 Å². The van der Waals surface area contributed by atoms with E-state index in [-0.39, 0.29) is 30.0 Å². The van der Waals surface area contributed by atoms with Crippen molar-refractivity contribution in [3.63, 3.8) is 0 Å². The van der Waals surface area contributed by atoms with Crippen molar-refractivity contribution in [2.24, 2.45) is 0 Å². The van der Waals surface area contributed by atoms with Crippen molar-refractivity contribution in [3.8, 4) is 5.88 Å². The maximum absolute atomic E-state index is 12.2. The molecule has 1 aliphatic rings. The minimum absolute atomic E-state index is 0.0974. The van der Waals surface area contributed by atoms with Crippen molar-refractivity contribution in [2.75, 3.05) is 13.2 Å². The minimum atomic E-state index is -0.504. The largest absolute Gasteiger partial charge is 0.472 e. The summed E-state index contributed by atoms with van der Waals surface area (Å²) in [6.45, 7) is 0.826. The van der Waals surface area contributed by atoms with Gasteiger partial charge in [0, 0.05) is 30.3 Å². The molecule has 25 heavy (non-hydrogen) atoms. The summed E-state index contributed by atoms with van der Waals surface area (Å²) >= 11 is 0. The molecule has 1 fully saturated rings. The molecule has 2 aromatic rings. The molecular formula is C16H18N4O5. The number of hydrogen-bond acceptors (Lipinski definition) is 6. The molecule has 0 aromatic carbocycles. The molecule has 3 heterocycles. The highest BCUT2D eigenvalue weighted by Gasteiger charge is 2.29. The van der Waals surface area contributed by atoms with Gasteiger partial charge in [0.05, 0.1) is 25.7 Å². The lowest BCUT2D eigenvalue weighted by Crippen LogP contribution is -2.52. The second-order valence-corrected chi connectivity index (χ2v) is 5.65. The van der Waals surface area contributed by atoms with Gasteiger partial charge in [-0.05, 0) is 6.07 Å². The Morgan fingerprint density at radius 1 is 1.36 bits per heavy atom. The lowest BCUT2D eigenvalue weighted by atomic mass is 10.1. The number of aromatic amines is 2. The zero-order valence-corrected chi connectivity index (χ0v) is 13.4. The van der Waals surface area contributed by atoms with Gasteiger partial charge in [-0.3, -0.25) is 24.6 Å². The first kappa shape index (κ1) is 16.9. The Morgan fingerprint density at radius 2 is 2.24 bits per heavy atom. The lowest BCUT2D eigenvalue weighted by molar-refractivity contribution is -0.123. The van der Waals surface area contributed by atoms with Crippen molar-refractivity contribution in [2.45, 2.75) is 25.0 Å². The summed E-state index contributed by atoms with van der Waals surface area (Å²) in [5.74, 6) is 0.0842. The quantitative estimate of drug-likeness (QED) is 0.661. The molecule has 1 saturated heterocycles. The van der Waals surface area contributed by atoms with Crippen LogP contribution in [0.15, 0.2) is 40.1 Å². The van der Waals surface area contributed by atoms with E-state index in [4.69, 9.17) is 9.47 Å². The smallest absolute Gasteiger partial charge is 0.266 e. The highest BCUT2D eigenvalue weighted by molar-refractivity contribution is 5.78. The minimum Gasteiger partial charge on any atom is -0.472 e. The van der Waals surface area contributed by atoms with Crippen LogP contribution in [-0.2, 0) is 16.0 Å². The van der Waals surface area contributed by atoms with Crippen molar-refractivity contribution >= 4 is 5.91 Å². The molecule has 0 radical (unpaired) electrons. The Morgan fingerprint density at radius 3 is 3.04 bits per heavy atom. The molecule has 2 aromatic heterocycles. The van der Waals surface area contributed by atoms with Crippen LogP contribution in [-0.4, -0.2) is 46.4 Å². The molecule has 0 unspecified atom stereocenters. The number of carbonyl (C=O) groups excluding carboxylic acids is 1. The van der Waals surface area contributed by atoms with E-state index < -0.39 is 11.1 Å². The van der Waals surface area contributed by atoms with Gasteiger partial charge in [0.2, 0.25) is 11.8 Å². The SMILES string of the molecule is O=C(Cc1cc(=O)[nH][nH]c1=O)N[C@@H]1COCC[C@H]1Oc1ccccn1. The summed E-state index contributed by atoms with van der Waals surface area (Å²) in [7, 11) is 0. The Bertz CT molecular complexity index is 832. The summed E-state index contributed by atoms with van der Waals surface area (Å²) in [5.41, 5.74) is -0.879. The molecule has 2 atom stereocenters. The predicted octanol–water partition coefficient (Wildman–Crippen LogP) is -0.647. The second-order valence-electron chi connectivity index (χ2n) is 5.65. The van der Waals surface area contributed by atoms with Crippen LogP contribution in [0.3, 0.4) is 0 Å². The first-order valence-corrected chi connectivity index (χ1v) is 7.87. The van der Waals surface area contributed by atoms with E-state index in [9.17, 15) is 14.4 Å². The molecule has 0 bridgehead atoms. The molecule has 1 amide bonds. The van der Waals surface area contributed by atoms with E-state index in [1.165, 1.54) is 0 Å². The predicted molar refractivity (Wildman–Crippen MR) is 87.4 cm³/mol. The number of hydrogen-bond donors (Lipinski definition) is 3. The van der Waals surface area contributed by atoms with Crippen LogP contribution >= 0.6 is 0 Å². The lowest BCUT2D eigenvalue weighted by Gasteiger charge is -2.32. The third-order valence-electron chi connectivity index (χ3n) is 3.80. The van der Waals surface area contributed by atoms with Crippen LogP contribution in [0.2, 0.25) is 0 Å². The number of H-pyrrole nitrogens is 2. The first-order valence-electron chi connectivity index (χ1n) is 7.87. The average Bonchev–Trinajstić information content (AvgIpc) is 2.61.